The molecule has 0 radical (unpaired) electrons. The third-order valence-electron chi connectivity index (χ3n) is 1.83. The van der Waals surface area contributed by atoms with E-state index in [-0.39, 0.29) is 17.0 Å². The van der Waals surface area contributed by atoms with Crippen LogP contribution in [0.25, 0.3) is 0 Å². The van der Waals surface area contributed by atoms with Gasteiger partial charge in [-0.15, -0.1) is 11.8 Å². The molecule has 0 bridgehead atoms. The number of nitro benzene ring substituents is 1. The first-order valence-corrected chi connectivity index (χ1v) is 5.32. The zero-order valence-electron chi connectivity index (χ0n) is 8.14. The number of phenols is 1. The maximum atomic E-state index is 10.6. The number of phenolic OH excluding ortho intramolecular Hbond substituents is 1. The normalized spacial score (nSPS) is 10.3. The molecule has 82 valence electrons. The van der Waals surface area contributed by atoms with Gasteiger partial charge in [0, 0.05) is 4.90 Å². The molecule has 1 aromatic rings. The molecule has 0 heterocycles. The molecule has 0 aliphatic heterocycles. The summed E-state index contributed by atoms with van der Waals surface area (Å²) >= 11 is 1.37. The number of benzene rings is 1. The zero-order chi connectivity index (χ0) is 11.4. The molecule has 0 unspecified atom stereocenters. The monoisotopic (exact) mass is 229 g/mol. The summed E-state index contributed by atoms with van der Waals surface area (Å²) in [4.78, 5) is 10.5. The van der Waals surface area contributed by atoms with Crippen LogP contribution in [-0.2, 0) is 6.61 Å². The highest BCUT2D eigenvalue weighted by Crippen LogP contribution is 2.34. The van der Waals surface area contributed by atoms with Crippen molar-refractivity contribution in [3.05, 3.63) is 27.8 Å². The van der Waals surface area contributed by atoms with Crippen molar-refractivity contribution in [2.45, 2.75) is 18.4 Å². The van der Waals surface area contributed by atoms with Gasteiger partial charge in [-0.1, -0.05) is 6.92 Å². The molecule has 2 N–H and O–H groups in total. The Morgan fingerprint density at radius 1 is 1.53 bits per heavy atom. The molecule has 1 aromatic carbocycles. The van der Waals surface area contributed by atoms with Gasteiger partial charge in [-0.3, -0.25) is 10.1 Å². The molecule has 0 aliphatic rings. The van der Waals surface area contributed by atoms with Crippen molar-refractivity contribution >= 4 is 17.4 Å². The van der Waals surface area contributed by atoms with Gasteiger partial charge in [0.2, 0.25) is 0 Å². The first-order valence-electron chi connectivity index (χ1n) is 4.34. The van der Waals surface area contributed by atoms with E-state index >= 15 is 0 Å². The molecule has 5 nitrogen and oxygen atoms in total. The fourth-order valence-corrected chi connectivity index (χ4v) is 1.91. The molecular weight excluding hydrogens is 218 g/mol. The first-order chi connectivity index (χ1) is 7.10. The van der Waals surface area contributed by atoms with Crippen LogP contribution in [0.2, 0.25) is 0 Å². The molecule has 0 saturated carbocycles. The minimum absolute atomic E-state index is 0.120. The van der Waals surface area contributed by atoms with Gasteiger partial charge in [-0.25, -0.2) is 0 Å². The van der Waals surface area contributed by atoms with Crippen LogP contribution in [0.4, 0.5) is 5.69 Å². The van der Waals surface area contributed by atoms with Crippen molar-refractivity contribution < 1.29 is 15.1 Å². The Hall–Kier alpha value is -1.27. The molecule has 0 spiro atoms. The van der Waals surface area contributed by atoms with Crippen LogP contribution in [0.3, 0.4) is 0 Å². The lowest BCUT2D eigenvalue weighted by Gasteiger charge is -2.05. The van der Waals surface area contributed by atoms with Crippen molar-refractivity contribution in [3.63, 3.8) is 0 Å². The minimum atomic E-state index is -0.619. The first kappa shape index (κ1) is 11.8. The van der Waals surface area contributed by atoms with Gasteiger partial charge in [0.25, 0.3) is 5.69 Å². The van der Waals surface area contributed by atoms with Gasteiger partial charge in [0.15, 0.2) is 0 Å². The van der Waals surface area contributed by atoms with Gasteiger partial charge in [0.05, 0.1) is 23.2 Å². The Bertz CT molecular complexity index is 381. The number of hydrogen-bond donors (Lipinski definition) is 2. The van der Waals surface area contributed by atoms with E-state index in [1.165, 1.54) is 17.8 Å². The van der Waals surface area contributed by atoms with Crippen LogP contribution in [0.15, 0.2) is 17.0 Å². The van der Waals surface area contributed by atoms with Crippen molar-refractivity contribution in [1.82, 2.24) is 0 Å². The Balaban J connectivity index is 3.22. The summed E-state index contributed by atoms with van der Waals surface area (Å²) in [6.07, 6.45) is 0. The number of rotatable bonds is 4. The third kappa shape index (κ3) is 2.60. The van der Waals surface area contributed by atoms with E-state index in [1.807, 2.05) is 6.92 Å². The lowest BCUT2D eigenvalue weighted by Crippen LogP contribution is -1.96. The van der Waals surface area contributed by atoms with Crippen LogP contribution in [0.5, 0.6) is 5.75 Å². The fourth-order valence-electron chi connectivity index (χ4n) is 1.17. The zero-order valence-corrected chi connectivity index (χ0v) is 8.95. The molecule has 0 saturated heterocycles. The van der Waals surface area contributed by atoms with Crippen molar-refractivity contribution in [3.8, 4) is 5.75 Å². The summed E-state index contributed by atoms with van der Waals surface area (Å²) in [6, 6.07) is 2.52. The van der Waals surface area contributed by atoms with Gasteiger partial charge >= 0.3 is 0 Å². The van der Waals surface area contributed by atoms with Crippen LogP contribution >= 0.6 is 11.8 Å². The number of aliphatic hydroxyl groups excluding tert-OH is 1. The summed E-state index contributed by atoms with van der Waals surface area (Å²) in [5.74, 6) is 0.627. The summed E-state index contributed by atoms with van der Waals surface area (Å²) in [5, 5.41) is 29.0. The van der Waals surface area contributed by atoms with E-state index in [1.54, 1.807) is 0 Å². The Morgan fingerprint density at radius 3 is 2.67 bits per heavy atom. The van der Waals surface area contributed by atoms with Crippen molar-refractivity contribution in [1.29, 1.82) is 0 Å². The number of nitrogens with zero attached hydrogens (tertiary/aromatic N) is 1. The standard InChI is InChI=1S/C9H11NO4S/c1-2-15-9-3-6(5-11)7(10(13)14)4-8(9)12/h3-4,11-12H,2,5H2,1H3. The van der Waals surface area contributed by atoms with E-state index in [0.29, 0.717) is 4.90 Å². The van der Waals surface area contributed by atoms with Crippen LogP contribution in [0.1, 0.15) is 12.5 Å². The molecule has 0 aromatic heterocycles. The number of hydrogen-bond acceptors (Lipinski definition) is 5. The predicted octanol–water partition coefficient (Wildman–Crippen LogP) is 1.90. The van der Waals surface area contributed by atoms with E-state index in [0.717, 1.165) is 11.8 Å². The Morgan fingerprint density at radius 2 is 2.20 bits per heavy atom. The molecule has 1 rings (SSSR count). The van der Waals surface area contributed by atoms with Gasteiger partial charge < -0.3 is 10.2 Å². The molecule has 0 aliphatic carbocycles. The molecule has 15 heavy (non-hydrogen) atoms. The average Bonchev–Trinajstić information content (AvgIpc) is 2.20. The fraction of sp³-hybridized carbons (Fsp3) is 0.333. The second kappa shape index (κ2) is 4.99. The van der Waals surface area contributed by atoms with Gasteiger partial charge in [0.1, 0.15) is 5.75 Å². The Kier molecular flexibility index (Phi) is 3.93. The van der Waals surface area contributed by atoms with E-state index < -0.39 is 11.5 Å². The lowest BCUT2D eigenvalue weighted by molar-refractivity contribution is -0.386. The maximum absolute atomic E-state index is 10.6. The highest BCUT2D eigenvalue weighted by atomic mass is 32.2. The smallest absolute Gasteiger partial charge is 0.278 e. The topological polar surface area (TPSA) is 83.6 Å². The highest BCUT2D eigenvalue weighted by molar-refractivity contribution is 7.99. The SMILES string of the molecule is CCSc1cc(CO)c([N+](=O)[O-])cc1O. The summed E-state index contributed by atoms with van der Waals surface area (Å²) in [5.41, 5.74) is -0.0378. The molecular formula is C9H11NO4S. The van der Waals surface area contributed by atoms with Crippen LogP contribution in [0, 0.1) is 10.1 Å². The highest BCUT2D eigenvalue weighted by Gasteiger charge is 2.17. The number of aliphatic hydroxyl groups is 1. The molecule has 0 fully saturated rings. The largest absolute Gasteiger partial charge is 0.507 e. The second-order valence-electron chi connectivity index (χ2n) is 2.80. The van der Waals surface area contributed by atoms with Crippen molar-refractivity contribution in [2.24, 2.45) is 0 Å². The number of nitro groups is 1. The minimum Gasteiger partial charge on any atom is -0.507 e. The van der Waals surface area contributed by atoms with E-state index in [4.69, 9.17) is 5.11 Å². The summed E-state index contributed by atoms with van der Waals surface area (Å²) < 4.78 is 0. The number of aromatic hydroxyl groups is 1. The van der Waals surface area contributed by atoms with Crippen LogP contribution in [-0.4, -0.2) is 20.9 Å². The third-order valence-corrected chi connectivity index (χ3v) is 2.75. The lowest BCUT2D eigenvalue weighted by atomic mass is 10.2. The quantitative estimate of drug-likeness (QED) is 0.468. The van der Waals surface area contributed by atoms with Gasteiger partial charge in [-0.05, 0) is 11.8 Å². The molecule has 6 heteroatoms. The van der Waals surface area contributed by atoms with E-state index in [9.17, 15) is 15.2 Å². The second-order valence-corrected chi connectivity index (χ2v) is 4.10. The Labute approximate surface area is 90.9 Å². The maximum Gasteiger partial charge on any atom is 0.278 e. The average molecular weight is 229 g/mol. The number of thioether (sulfide) groups is 1. The van der Waals surface area contributed by atoms with Crippen LogP contribution < -0.4 is 0 Å². The van der Waals surface area contributed by atoms with E-state index in [2.05, 4.69) is 0 Å². The summed E-state index contributed by atoms with van der Waals surface area (Å²) in [7, 11) is 0. The van der Waals surface area contributed by atoms with Crippen molar-refractivity contribution in [2.75, 3.05) is 5.75 Å². The predicted molar refractivity (Wildman–Crippen MR) is 57.1 cm³/mol. The summed E-state index contributed by atoms with van der Waals surface area (Å²) in [6.45, 7) is 1.50. The van der Waals surface area contributed by atoms with Gasteiger partial charge in [-0.2, -0.15) is 0 Å². The molecule has 0 amide bonds. The molecule has 0 atom stereocenters.